The van der Waals surface area contributed by atoms with Crippen molar-refractivity contribution in [1.29, 1.82) is 0 Å². The summed E-state index contributed by atoms with van der Waals surface area (Å²) < 4.78 is 27.9. The van der Waals surface area contributed by atoms with Gasteiger partial charge in [-0.1, -0.05) is 82.1 Å². The highest BCUT2D eigenvalue weighted by atomic mass is 16.5. The summed E-state index contributed by atoms with van der Waals surface area (Å²) in [5.41, 5.74) is 0. The number of ketones is 5. The third kappa shape index (κ3) is 73.9. The Kier molecular flexibility index (Phi) is 58.4. The van der Waals surface area contributed by atoms with E-state index in [2.05, 4.69) is 60.7 Å². The second-order valence-electron chi connectivity index (χ2n) is 19.3. The van der Waals surface area contributed by atoms with Crippen LogP contribution in [0.15, 0.2) is 0 Å². The Morgan fingerprint density at radius 1 is 0.478 bits per heavy atom. The number of ether oxygens (including phenoxy) is 4. The molecule has 0 saturated carbocycles. The zero-order chi connectivity index (χ0) is 53.3. The van der Waals surface area contributed by atoms with Gasteiger partial charge in [-0.2, -0.15) is 0 Å². The maximum absolute atomic E-state index is 11.7. The standard InChI is InChI=1S/C18H32O5.C15H28O3.C13H25NO3.C8H16O2.CH4/c1-14(2)9-11-23-12-10-17(20)8-6-4-5-7-16(18(21)22)13-15(3)19;1-13(2)9-11-18-12-10-15(17)8-6-4-5-7-14(3)16;1-11(2)6-9-17-10-7-13(16)5-4-8-14-12(3)15;1-8(2)4-7-10-6-3-5-9;/h14,16H,4-13H2,1-3H3,(H,21,22);13H,4-12H2,1-3H3;11H,4-10H2,1-3H3,(H,14,15);5,8H,3-4,6-7H2,1-2H3;1H4/i;;;5T;. The third-order valence-corrected chi connectivity index (χ3v) is 10.2. The minimum Gasteiger partial charge on any atom is -0.481 e. The minimum atomic E-state index is -0.908. The summed E-state index contributed by atoms with van der Waals surface area (Å²) in [6.45, 7) is 27.1. The molecule has 1 atom stereocenters. The number of aliphatic carboxylic acids is 1. The van der Waals surface area contributed by atoms with Crippen molar-refractivity contribution in [3.8, 4) is 0 Å². The van der Waals surface area contributed by atoms with Crippen molar-refractivity contribution in [2.24, 2.45) is 29.6 Å². The largest absolute Gasteiger partial charge is 0.481 e. The van der Waals surface area contributed by atoms with Crippen LogP contribution >= 0.6 is 0 Å². The molecule has 0 aromatic heterocycles. The summed E-state index contributed by atoms with van der Waals surface area (Å²) in [7, 11) is 0. The van der Waals surface area contributed by atoms with Gasteiger partial charge in [-0.25, -0.2) is 0 Å². The quantitative estimate of drug-likeness (QED) is 0.0431. The first-order valence-electron chi connectivity index (χ1n) is 26.3. The molecular formula is C55H105NO13. The van der Waals surface area contributed by atoms with Gasteiger partial charge in [-0.15, -0.1) is 0 Å². The maximum atomic E-state index is 11.7. The van der Waals surface area contributed by atoms with E-state index in [0.29, 0.717) is 128 Å². The van der Waals surface area contributed by atoms with Crippen LogP contribution in [0.2, 0.25) is 0 Å². The number of hydrogen-bond acceptors (Lipinski definition) is 12. The van der Waals surface area contributed by atoms with Crippen molar-refractivity contribution in [2.75, 3.05) is 59.4 Å². The Bertz CT molecular complexity index is 1320. The van der Waals surface area contributed by atoms with Crippen LogP contribution in [0, 0.1) is 29.6 Å². The molecule has 0 aliphatic rings. The van der Waals surface area contributed by atoms with Crippen molar-refractivity contribution in [1.82, 2.24) is 5.32 Å². The summed E-state index contributed by atoms with van der Waals surface area (Å²) >= 11 is 0. The molecule has 0 aliphatic carbocycles. The minimum absolute atomic E-state index is 0. The van der Waals surface area contributed by atoms with Crippen LogP contribution in [0.25, 0.3) is 0 Å². The number of rotatable bonds is 43. The Morgan fingerprint density at radius 2 is 0.841 bits per heavy atom. The molecule has 1 unspecified atom stereocenters. The highest BCUT2D eigenvalue weighted by molar-refractivity contribution is 5.82. The van der Waals surface area contributed by atoms with E-state index < -0.39 is 18.1 Å². The summed E-state index contributed by atoms with van der Waals surface area (Å²) in [6.07, 6.45) is 14.0. The molecule has 0 spiro atoms. The lowest BCUT2D eigenvalue weighted by Crippen LogP contribution is -2.21. The van der Waals surface area contributed by atoms with E-state index in [9.17, 15) is 38.4 Å². The van der Waals surface area contributed by atoms with Gasteiger partial charge in [0.15, 0.2) is 0 Å². The van der Waals surface area contributed by atoms with Crippen LogP contribution in [0.1, 0.15) is 220 Å². The van der Waals surface area contributed by atoms with Crippen LogP contribution in [0.3, 0.4) is 0 Å². The molecule has 1 amide bonds. The molecular weight excluding hydrogens is 883 g/mol. The predicted molar refractivity (Wildman–Crippen MR) is 279 cm³/mol. The molecule has 0 heterocycles. The van der Waals surface area contributed by atoms with E-state index >= 15 is 0 Å². The normalized spacial score (nSPS) is 11.3. The molecule has 69 heavy (non-hydrogen) atoms. The van der Waals surface area contributed by atoms with Gasteiger partial charge in [-0.3, -0.25) is 24.0 Å². The summed E-state index contributed by atoms with van der Waals surface area (Å²) in [4.78, 5) is 88.0. The first-order valence-corrected chi connectivity index (χ1v) is 25.8. The molecule has 2 N–H and O–H groups in total. The fourth-order valence-electron chi connectivity index (χ4n) is 5.70. The summed E-state index contributed by atoms with van der Waals surface area (Å²) in [6, 6.07) is 0. The van der Waals surface area contributed by atoms with Crippen LogP contribution in [0.4, 0.5) is 0 Å². The average molecular weight is 990 g/mol. The number of carbonyl (C=O) groups excluding carboxylic acids is 7. The average Bonchev–Trinajstić information content (AvgIpc) is 3.24. The number of nitrogens with one attached hydrogen (secondary N) is 1. The molecule has 0 aromatic rings. The smallest absolute Gasteiger partial charge is 0.306 e. The topological polar surface area (TPSA) is 206 Å². The lowest BCUT2D eigenvalue weighted by molar-refractivity contribution is -0.144. The number of carbonyl (C=O) groups is 8. The van der Waals surface area contributed by atoms with E-state index in [4.69, 9.17) is 25.4 Å². The molecule has 14 heteroatoms. The zero-order valence-corrected chi connectivity index (χ0v) is 44.9. The van der Waals surface area contributed by atoms with E-state index in [-0.39, 0.29) is 55.1 Å². The molecule has 0 fully saturated rings. The molecule has 0 aromatic carbocycles. The van der Waals surface area contributed by atoms with Gasteiger partial charge in [-0.05, 0) is 95.3 Å². The van der Waals surface area contributed by atoms with Crippen LogP contribution < -0.4 is 5.32 Å². The number of aldehydes is 1. The lowest BCUT2D eigenvalue weighted by atomic mass is 9.95. The third-order valence-electron chi connectivity index (χ3n) is 10.2. The molecule has 14 nitrogen and oxygen atoms in total. The van der Waals surface area contributed by atoms with Gasteiger partial charge in [0.25, 0.3) is 0 Å². The van der Waals surface area contributed by atoms with Crippen molar-refractivity contribution in [2.45, 2.75) is 218 Å². The first kappa shape index (κ1) is 72.3. The number of amides is 1. The lowest BCUT2D eigenvalue weighted by Gasteiger charge is -2.10. The highest BCUT2D eigenvalue weighted by Gasteiger charge is 2.18. The Labute approximate surface area is 422 Å². The van der Waals surface area contributed by atoms with Gasteiger partial charge in [0.2, 0.25) is 5.91 Å². The zero-order valence-electron chi connectivity index (χ0n) is 45.9. The van der Waals surface area contributed by atoms with Gasteiger partial charge in [0.05, 0.1) is 32.3 Å². The molecule has 0 saturated heterocycles. The maximum Gasteiger partial charge on any atom is 0.306 e. The Balaban J connectivity index is -0.000000274. The van der Waals surface area contributed by atoms with E-state index in [0.717, 1.165) is 77.4 Å². The number of unbranched alkanes of at least 4 members (excludes halogenated alkanes) is 4. The van der Waals surface area contributed by atoms with Gasteiger partial charge in [0.1, 0.15) is 36.5 Å². The SMILES string of the molecule is C.CC(=O)CC(CCCCCC(=O)CCOCCC(C)C)C(=O)O.CC(=O)CCCCCC(=O)CCOCCC(C)C.CC(=O)NCCCC(=O)CCOCCC(C)C.[3H]C(=O)CCOCCC(C)C. The van der Waals surface area contributed by atoms with Gasteiger partial charge >= 0.3 is 5.97 Å². The summed E-state index contributed by atoms with van der Waals surface area (Å²) in [5, 5.41) is 11.7. The van der Waals surface area contributed by atoms with Crippen LogP contribution in [-0.4, -0.2) is 112 Å². The number of Topliss-reactive ketones (excluding diaryl/α,β-unsaturated/α-hetero) is 5. The molecule has 0 bridgehead atoms. The van der Waals surface area contributed by atoms with E-state index in [1.165, 1.54) is 13.8 Å². The van der Waals surface area contributed by atoms with E-state index in [1.54, 1.807) is 6.92 Å². The van der Waals surface area contributed by atoms with Crippen molar-refractivity contribution in [3.63, 3.8) is 0 Å². The second-order valence-corrected chi connectivity index (χ2v) is 19.3. The number of hydrogen-bond donors (Lipinski definition) is 2. The predicted octanol–water partition coefficient (Wildman–Crippen LogP) is 11.4. The highest BCUT2D eigenvalue weighted by Crippen LogP contribution is 2.16. The molecule has 0 radical (unpaired) electrons. The van der Waals surface area contributed by atoms with Gasteiger partial charge in [0, 0.05) is 97.7 Å². The number of carboxylic acids is 1. The fraction of sp³-hybridized carbons (Fsp3) is 0.855. The number of carboxylic acid groups (broad SMARTS) is 1. The Hall–Kier alpha value is -3.20. The molecule has 0 rings (SSSR count). The summed E-state index contributed by atoms with van der Waals surface area (Å²) in [5.74, 6) is 1.84. The molecule has 408 valence electrons. The van der Waals surface area contributed by atoms with Crippen molar-refractivity contribution < 1.29 is 63.8 Å². The van der Waals surface area contributed by atoms with Crippen molar-refractivity contribution >= 4 is 47.1 Å². The van der Waals surface area contributed by atoms with Gasteiger partial charge < -0.3 is 43.8 Å². The van der Waals surface area contributed by atoms with Crippen LogP contribution in [-0.2, 0) is 57.3 Å². The van der Waals surface area contributed by atoms with Crippen molar-refractivity contribution in [3.05, 3.63) is 0 Å². The Morgan fingerprint density at radius 3 is 1.17 bits per heavy atom. The molecule has 0 aliphatic heterocycles. The van der Waals surface area contributed by atoms with E-state index in [1.807, 2.05) is 0 Å². The fourth-order valence-corrected chi connectivity index (χ4v) is 5.70. The van der Waals surface area contributed by atoms with Crippen LogP contribution in [0.5, 0.6) is 0 Å². The first-order chi connectivity index (χ1) is 32.5. The monoisotopic (exact) mass is 990 g/mol. The second kappa shape index (κ2) is 55.7.